The Kier molecular flexibility index (Phi) is 5.18. The lowest BCUT2D eigenvalue weighted by Gasteiger charge is -2.03. The number of rotatable bonds is 6. The molecule has 0 saturated carbocycles. The van der Waals surface area contributed by atoms with Crippen LogP contribution in [0, 0.1) is 0 Å². The predicted molar refractivity (Wildman–Crippen MR) is 58.8 cm³/mol. The average molecular weight is 208 g/mol. The van der Waals surface area contributed by atoms with E-state index in [9.17, 15) is 0 Å². The standard InChI is InChI=1S/C10H16N4O/c11-10(14-15)4-7-12-6-3-9-2-1-5-13-8-9/h1-2,5,8,12,15H,3-4,6-7H2,(H2,11,14). The molecule has 0 aliphatic rings. The molecule has 0 unspecified atom stereocenters. The lowest BCUT2D eigenvalue weighted by molar-refractivity contribution is 0.316. The highest BCUT2D eigenvalue weighted by Crippen LogP contribution is 1.95. The summed E-state index contributed by atoms with van der Waals surface area (Å²) in [6.07, 6.45) is 5.11. The molecule has 0 spiro atoms. The number of hydrogen-bond donors (Lipinski definition) is 3. The van der Waals surface area contributed by atoms with Crippen LogP contribution in [0.15, 0.2) is 29.7 Å². The first-order valence-electron chi connectivity index (χ1n) is 4.89. The first-order valence-corrected chi connectivity index (χ1v) is 4.89. The van der Waals surface area contributed by atoms with Crippen LogP contribution in [-0.4, -0.2) is 29.1 Å². The molecular weight excluding hydrogens is 192 g/mol. The largest absolute Gasteiger partial charge is 0.409 e. The number of nitrogens with zero attached hydrogens (tertiary/aromatic N) is 2. The molecule has 15 heavy (non-hydrogen) atoms. The number of hydrogen-bond acceptors (Lipinski definition) is 4. The van der Waals surface area contributed by atoms with Crippen molar-refractivity contribution in [1.29, 1.82) is 0 Å². The summed E-state index contributed by atoms with van der Waals surface area (Å²) in [4.78, 5) is 4.03. The second-order valence-corrected chi connectivity index (χ2v) is 3.20. The molecule has 0 aliphatic carbocycles. The molecule has 0 fully saturated rings. The molecule has 0 radical (unpaired) electrons. The number of oxime groups is 1. The van der Waals surface area contributed by atoms with Gasteiger partial charge < -0.3 is 16.3 Å². The van der Waals surface area contributed by atoms with Crippen LogP contribution in [0.2, 0.25) is 0 Å². The molecule has 0 bridgehead atoms. The van der Waals surface area contributed by atoms with E-state index in [-0.39, 0.29) is 5.84 Å². The van der Waals surface area contributed by atoms with Crippen LogP contribution in [0.3, 0.4) is 0 Å². The molecule has 0 atom stereocenters. The Morgan fingerprint density at radius 2 is 2.40 bits per heavy atom. The molecule has 0 aliphatic heterocycles. The van der Waals surface area contributed by atoms with Gasteiger partial charge in [-0.05, 0) is 24.6 Å². The van der Waals surface area contributed by atoms with E-state index in [1.807, 2.05) is 18.3 Å². The zero-order valence-corrected chi connectivity index (χ0v) is 8.56. The number of amidine groups is 1. The van der Waals surface area contributed by atoms with Gasteiger partial charge in [-0.15, -0.1) is 0 Å². The molecule has 4 N–H and O–H groups in total. The fraction of sp³-hybridized carbons (Fsp3) is 0.400. The third kappa shape index (κ3) is 4.97. The van der Waals surface area contributed by atoms with E-state index in [1.54, 1.807) is 6.20 Å². The van der Waals surface area contributed by atoms with E-state index in [0.29, 0.717) is 6.42 Å². The fourth-order valence-corrected chi connectivity index (χ4v) is 1.17. The molecule has 1 rings (SSSR count). The summed E-state index contributed by atoms with van der Waals surface area (Å²) in [5, 5.41) is 14.4. The third-order valence-corrected chi connectivity index (χ3v) is 2.00. The highest BCUT2D eigenvalue weighted by Gasteiger charge is 1.94. The van der Waals surface area contributed by atoms with Gasteiger partial charge in [-0.3, -0.25) is 4.98 Å². The number of pyridine rings is 1. The summed E-state index contributed by atoms with van der Waals surface area (Å²) in [6, 6.07) is 3.96. The van der Waals surface area contributed by atoms with Crippen LogP contribution in [0.1, 0.15) is 12.0 Å². The van der Waals surface area contributed by atoms with Gasteiger partial charge in [0.1, 0.15) is 5.84 Å². The first kappa shape index (κ1) is 11.5. The van der Waals surface area contributed by atoms with Crippen LogP contribution < -0.4 is 11.1 Å². The van der Waals surface area contributed by atoms with Crippen molar-refractivity contribution in [2.75, 3.05) is 13.1 Å². The summed E-state index contributed by atoms with van der Waals surface area (Å²) in [6.45, 7) is 1.58. The molecule has 0 amide bonds. The molecule has 1 heterocycles. The van der Waals surface area contributed by atoms with Gasteiger partial charge in [0, 0.05) is 25.4 Å². The van der Waals surface area contributed by atoms with Crippen molar-refractivity contribution in [3.05, 3.63) is 30.1 Å². The van der Waals surface area contributed by atoms with Crippen molar-refractivity contribution in [2.45, 2.75) is 12.8 Å². The molecule has 1 aromatic heterocycles. The van der Waals surface area contributed by atoms with Gasteiger partial charge >= 0.3 is 0 Å². The predicted octanol–water partition coefficient (Wildman–Crippen LogP) is 0.350. The minimum Gasteiger partial charge on any atom is -0.409 e. The average Bonchev–Trinajstić information content (AvgIpc) is 2.29. The molecule has 82 valence electrons. The zero-order valence-electron chi connectivity index (χ0n) is 8.56. The maximum atomic E-state index is 8.30. The van der Waals surface area contributed by atoms with Crippen molar-refractivity contribution >= 4 is 5.84 Å². The van der Waals surface area contributed by atoms with Crippen molar-refractivity contribution in [2.24, 2.45) is 10.9 Å². The minimum absolute atomic E-state index is 0.254. The Bertz CT molecular complexity index is 300. The van der Waals surface area contributed by atoms with Gasteiger partial charge in [-0.2, -0.15) is 0 Å². The van der Waals surface area contributed by atoms with E-state index in [0.717, 1.165) is 19.5 Å². The summed E-state index contributed by atoms with van der Waals surface area (Å²) in [7, 11) is 0. The summed E-state index contributed by atoms with van der Waals surface area (Å²) >= 11 is 0. The Labute approximate surface area is 89.0 Å². The topological polar surface area (TPSA) is 83.5 Å². The Morgan fingerprint density at radius 3 is 3.07 bits per heavy atom. The van der Waals surface area contributed by atoms with E-state index >= 15 is 0 Å². The number of aromatic nitrogens is 1. The van der Waals surface area contributed by atoms with Crippen LogP contribution in [-0.2, 0) is 6.42 Å². The number of nitrogens with one attached hydrogen (secondary N) is 1. The molecular formula is C10H16N4O. The molecule has 5 heteroatoms. The second kappa shape index (κ2) is 6.78. The van der Waals surface area contributed by atoms with Crippen LogP contribution in [0.25, 0.3) is 0 Å². The van der Waals surface area contributed by atoms with E-state index in [2.05, 4.69) is 15.5 Å². The van der Waals surface area contributed by atoms with Gasteiger partial charge in [0.15, 0.2) is 0 Å². The van der Waals surface area contributed by atoms with E-state index < -0.39 is 0 Å². The normalized spacial score (nSPS) is 11.6. The lowest BCUT2D eigenvalue weighted by Crippen LogP contribution is -2.24. The maximum Gasteiger partial charge on any atom is 0.140 e. The van der Waals surface area contributed by atoms with E-state index in [1.165, 1.54) is 5.56 Å². The Hall–Kier alpha value is -1.62. The minimum atomic E-state index is 0.254. The second-order valence-electron chi connectivity index (χ2n) is 3.20. The van der Waals surface area contributed by atoms with Gasteiger partial charge in [-0.1, -0.05) is 11.2 Å². The van der Waals surface area contributed by atoms with E-state index in [4.69, 9.17) is 10.9 Å². The van der Waals surface area contributed by atoms with Crippen molar-refractivity contribution < 1.29 is 5.21 Å². The summed E-state index contributed by atoms with van der Waals surface area (Å²) in [5.41, 5.74) is 6.52. The number of nitrogens with two attached hydrogens (primary N) is 1. The third-order valence-electron chi connectivity index (χ3n) is 2.00. The van der Waals surface area contributed by atoms with Crippen molar-refractivity contribution in [3.8, 4) is 0 Å². The van der Waals surface area contributed by atoms with Gasteiger partial charge in [-0.25, -0.2) is 0 Å². The summed E-state index contributed by atoms with van der Waals surface area (Å²) < 4.78 is 0. The highest BCUT2D eigenvalue weighted by molar-refractivity contribution is 5.79. The fourth-order valence-electron chi connectivity index (χ4n) is 1.17. The monoisotopic (exact) mass is 208 g/mol. The smallest absolute Gasteiger partial charge is 0.140 e. The van der Waals surface area contributed by atoms with Crippen LogP contribution in [0.4, 0.5) is 0 Å². The highest BCUT2D eigenvalue weighted by atomic mass is 16.4. The molecule has 5 nitrogen and oxygen atoms in total. The van der Waals surface area contributed by atoms with Crippen LogP contribution in [0.5, 0.6) is 0 Å². The van der Waals surface area contributed by atoms with Crippen molar-refractivity contribution in [3.63, 3.8) is 0 Å². The van der Waals surface area contributed by atoms with Crippen LogP contribution >= 0.6 is 0 Å². The molecule has 0 saturated heterocycles. The first-order chi connectivity index (χ1) is 7.33. The van der Waals surface area contributed by atoms with Gasteiger partial charge in [0.05, 0.1) is 0 Å². The maximum absolute atomic E-state index is 8.30. The SMILES string of the molecule is NC(CCNCCc1cccnc1)=NO. The quantitative estimate of drug-likeness (QED) is 0.207. The Balaban J connectivity index is 2.08. The van der Waals surface area contributed by atoms with Gasteiger partial charge in [0.2, 0.25) is 0 Å². The zero-order chi connectivity index (χ0) is 10.9. The van der Waals surface area contributed by atoms with Crippen molar-refractivity contribution in [1.82, 2.24) is 10.3 Å². The Morgan fingerprint density at radius 1 is 1.53 bits per heavy atom. The van der Waals surface area contributed by atoms with Gasteiger partial charge in [0.25, 0.3) is 0 Å². The molecule has 0 aromatic carbocycles. The summed E-state index contributed by atoms with van der Waals surface area (Å²) in [5.74, 6) is 0.254. The molecule has 1 aromatic rings. The lowest BCUT2D eigenvalue weighted by atomic mass is 10.2.